The summed E-state index contributed by atoms with van der Waals surface area (Å²) in [5, 5.41) is 7.04. The molecule has 1 fully saturated rings. The van der Waals surface area contributed by atoms with Crippen LogP contribution < -0.4 is 15.8 Å². The number of para-hydroxylation sites is 2. The van der Waals surface area contributed by atoms with E-state index in [9.17, 15) is 14.0 Å². The predicted octanol–water partition coefficient (Wildman–Crippen LogP) is 3.22. The van der Waals surface area contributed by atoms with Crippen LogP contribution >= 0.6 is 0 Å². The summed E-state index contributed by atoms with van der Waals surface area (Å²) < 4.78 is 14.2. The number of amides is 1. The summed E-state index contributed by atoms with van der Waals surface area (Å²) in [4.78, 5) is 27.1. The van der Waals surface area contributed by atoms with Crippen molar-refractivity contribution in [2.24, 2.45) is 0 Å². The molecular weight excluding hydrogens is 359 g/mol. The van der Waals surface area contributed by atoms with Crippen molar-refractivity contribution in [3.63, 3.8) is 0 Å². The number of nitrogens with one attached hydrogen (secondary N) is 1. The number of benzene rings is 2. The Morgan fingerprint density at radius 2 is 1.68 bits per heavy atom. The second-order valence-corrected chi connectivity index (χ2v) is 6.61. The van der Waals surface area contributed by atoms with E-state index in [0.29, 0.717) is 11.4 Å². The average Bonchev–Trinajstić information content (AvgIpc) is 3.24. The summed E-state index contributed by atoms with van der Waals surface area (Å²) in [6, 6.07) is 15.6. The van der Waals surface area contributed by atoms with Crippen LogP contribution in [0.4, 0.5) is 15.8 Å². The molecule has 1 N–H and O–H groups in total. The van der Waals surface area contributed by atoms with E-state index in [4.69, 9.17) is 0 Å². The number of rotatable bonds is 4. The van der Waals surface area contributed by atoms with E-state index in [0.717, 1.165) is 36.3 Å². The summed E-state index contributed by atoms with van der Waals surface area (Å²) in [6.45, 7) is 1.92. The molecule has 1 aromatic heterocycles. The van der Waals surface area contributed by atoms with Gasteiger partial charge in [-0.15, -0.1) is 0 Å². The number of aromatic nitrogens is 2. The van der Waals surface area contributed by atoms with E-state index in [2.05, 4.69) is 15.3 Å². The van der Waals surface area contributed by atoms with Crippen molar-refractivity contribution >= 4 is 17.3 Å². The maximum absolute atomic E-state index is 13.1. The lowest BCUT2D eigenvalue weighted by Gasteiger charge is -2.21. The molecule has 0 unspecified atom stereocenters. The van der Waals surface area contributed by atoms with Crippen molar-refractivity contribution < 1.29 is 9.18 Å². The van der Waals surface area contributed by atoms with Gasteiger partial charge in [0, 0.05) is 19.2 Å². The van der Waals surface area contributed by atoms with Crippen molar-refractivity contribution in [2.75, 3.05) is 23.3 Å². The highest BCUT2D eigenvalue weighted by Gasteiger charge is 2.18. The lowest BCUT2D eigenvalue weighted by Crippen LogP contribution is -2.25. The van der Waals surface area contributed by atoms with Crippen molar-refractivity contribution in [1.29, 1.82) is 0 Å². The minimum atomic E-state index is -0.414. The summed E-state index contributed by atoms with van der Waals surface area (Å²) in [5.74, 6) is -0.827. The first-order valence-corrected chi connectivity index (χ1v) is 9.13. The van der Waals surface area contributed by atoms with Gasteiger partial charge in [0.1, 0.15) is 11.5 Å². The molecule has 2 aromatic carbocycles. The fourth-order valence-electron chi connectivity index (χ4n) is 3.30. The van der Waals surface area contributed by atoms with Gasteiger partial charge in [0.25, 0.3) is 11.5 Å². The molecule has 0 saturated carbocycles. The monoisotopic (exact) mass is 378 g/mol. The maximum atomic E-state index is 13.1. The van der Waals surface area contributed by atoms with Crippen molar-refractivity contribution in [3.8, 4) is 5.69 Å². The van der Waals surface area contributed by atoms with Crippen molar-refractivity contribution in [3.05, 3.63) is 82.5 Å². The van der Waals surface area contributed by atoms with E-state index >= 15 is 0 Å². The predicted molar refractivity (Wildman–Crippen MR) is 106 cm³/mol. The van der Waals surface area contributed by atoms with Gasteiger partial charge in [-0.1, -0.05) is 12.1 Å². The fourth-order valence-corrected chi connectivity index (χ4v) is 3.30. The van der Waals surface area contributed by atoms with Gasteiger partial charge in [-0.05, 0) is 55.3 Å². The van der Waals surface area contributed by atoms with Crippen LogP contribution in [0.5, 0.6) is 0 Å². The molecule has 142 valence electrons. The summed E-state index contributed by atoms with van der Waals surface area (Å²) >= 11 is 0. The molecule has 1 aliphatic rings. The number of carbonyl (C=O) groups is 1. The van der Waals surface area contributed by atoms with Gasteiger partial charge in [-0.2, -0.15) is 9.78 Å². The second kappa shape index (κ2) is 7.64. The van der Waals surface area contributed by atoms with E-state index in [1.165, 1.54) is 36.4 Å². The maximum Gasteiger partial charge on any atom is 0.276 e. The first-order chi connectivity index (χ1) is 13.6. The Bertz CT molecular complexity index is 1060. The molecule has 0 spiro atoms. The lowest BCUT2D eigenvalue weighted by molar-refractivity contribution is 0.102. The van der Waals surface area contributed by atoms with E-state index < -0.39 is 17.3 Å². The molecule has 28 heavy (non-hydrogen) atoms. The van der Waals surface area contributed by atoms with E-state index in [1.807, 2.05) is 24.3 Å². The van der Waals surface area contributed by atoms with Gasteiger partial charge in [-0.3, -0.25) is 9.59 Å². The molecule has 0 atom stereocenters. The topological polar surface area (TPSA) is 67.2 Å². The van der Waals surface area contributed by atoms with Gasteiger partial charge >= 0.3 is 0 Å². The van der Waals surface area contributed by atoms with Gasteiger partial charge in [-0.25, -0.2) is 4.39 Å². The molecule has 6 nitrogen and oxygen atoms in total. The first kappa shape index (κ1) is 17.9. The number of halogens is 1. The third-order valence-corrected chi connectivity index (χ3v) is 4.70. The van der Waals surface area contributed by atoms with Gasteiger partial charge in [0.05, 0.1) is 17.1 Å². The van der Waals surface area contributed by atoms with Crippen LogP contribution in [-0.4, -0.2) is 28.8 Å². The first-order valence-electron chi connectivity index (χ1n) is 9.13. The molecule has 1 saturated heterocycles. The number of anilines is 2. The Labute approximate surface area is 161 Å². The quantitative estimate of drug-likeness (QED) is 0.757. The molecule has 0 bridgehead atoms. The Morgan fingerprint density at radius 1 is 0.964 bits per heavy atom. The van der Waals surface area contributed by atoms with Gasteiger partial charge < -0.3 is 10.2 Å². The minimum absolute atomic E-state index is 0.0974. The van der Waals surface area contributed by atoms with Gasteiger partial charge in [0.2, 0.25) is 0 Å². The zero-order chi connectivity index (χ0) is 19.5. The van der Waals surface area contributed by atoms with Crippen molar-refractivity contribution in [2.45, 2.75) is 12.8 Å². The normalized spacial score (nSPS) is 13.5. The second-order valence-electron chi connectivity index (χ2n) is 6.61. The Hall–Kier alpha value is -3.48. The Kier molecular flexibility index (Phi) is 4.89. The average molecular weight is 378 g/mol. The standard InChI is InChI=1S/C21H19FN4O2/c22-15-7-9-16(10-8-15)26-20(27)12-11-18(24-26)21(28)23-17-5-1-2-6-19(17)25-13-3-4-14-25/h1-2,5-12H,3-4,13-14H2,(H,23,28). The molecule has 7 heteroatoms. The third-order valence-electron chi connectivity index (χ3n) is 4.70. The lowest BCUT2D eigenvalue weighted by atomic mass is 10.2. The summed E-state index contributed by atoms with van der Waals surface area (Å²) in [6.07, 6.45) is 2.26. The van der Waals surface area contributed by atoms with Crippen LogP contribution in [0.3, 0.4) is 0 Å². The summed E-state index contributed by atoms with van der Waals surface area (Å²) in [7, 11) is 0. The molecule has 1 aliphatic heterocycles. The van der Waals surface area contributed by atoms with Crippen LogP contribution in [0.15, 0.2) is 65.5 Å². The molecular formula is C21H19FN4O2. The van der Waals surface area contributed by atoms with Crippen LogP contribution in [0.1, 0.15) is 23.3 Å². The Morgan fingerprint density at radius 3 is 2.43 bits per heavy atom. The molecule has 0 radical (unpaired) electrons. The van der Waals surface area contributed by atoms with E-state index in [1.54, 1.807) is 0 Å². The SMILES string of the molecule is O=C(Nc1ccccc1N1CCCC1)c1ccc(=O)n(-c2ccc(F)cc2)n1. The smallest absolute Gasteiger partial charge is 0.276 e. The van der Waals surface area contributed by atoms with Crippen molar-refractivity contribution in [1.82, 2.24) is 9.78 Å². The molecule has 3 aromatic rings. The summed E-state index contributed by atoms with van der Waals surface area (Å²) in [5.41, 5.74) is 1.76. The Balaban J connectivity index is 1.62. The zero-order valence-electron chi connectivity index (χ0n) is 15.1. The highest BCUT2D eigenvalue weighted by Crippen LogP contribution is 2.28. The minimum Gasteiger partial charge on any atom is -0.370 e. The molecule has 2 heterocycles. The fraction of sp³-hybridized carbons (Fsp3) is 0.190. The van der Waals surface area contributed by atoms with Crippen LogP contribution in [0, 0.1) is 5.82 Å². The zero-order valence-corrected chi connectivity index (χ0v) is 15.1. The van der Waals surface area contributed by atoms with Gasteiger partial charge in [0.15, 0.2) is 0 Å². The largest absolute Gasteiger partial charge is 0.370 e. The molecule has 4 rings (SSSR count). The highest BCUT2D eigenvalue weighted by molar-refractivity contribution is 6.04. The van der Waals surface area contributed by atoms with Crippen LogP contribution in [-0.2, 0) is 0 Å². The number of nitrogens with zero attached hydrogens (tertiary/aromatic N) is 3. The molecule has 1 amide bonds. The van der Waals surface area contributed by atoms with Crippen LogP contribution in [0.2, 0.25) is 0 Å². The third kappa shape index (κ3) is 3.64. The van der Waals surface area contributed by atoms with Crippen LogP contribution in [0.25, 0.3) is 5.69 Å². The molecule has 0 aliphatic carbocycles. The van der Waals surface area contributed by atoms with E-state index in [-0.39, 0.29) is 5.69 Å². The highest BCUT2D eigenvalue weighted by atomic mass is 19.1. The number of hydrogen-bond acceptors (Lipinski definition) is 4. The number of carbonyl (C=O) groups excluding carboxylic acids is 1. The number of hydrogen-bond donors (Lipinski definition) is 1.